The Morgan fingerprint density at radius 1 is 1.31 bits per heavy atom. The Balaban J connectivity index is 1.94. The Morgan fingerprint density at radius 3 is 2.81 bits per heavy atom. The van der Waals surface area contributed by atoms with Gasteiger partial charge in [-0.25, -0.2) is 4.79 Å². The van der Waals surface area contributed by atoms with Gasteiger partial charge in [-0.2, -0.15) is 0 Å². The van der Waals surface area contributed by atoms with E-state index in [4.69, 9.17) is 26.8 Å². The van der Waals surface area contributed by atoms with E-state index < -0.39 is 23.8 Å². The maximum atomic E-state index is 13.1. The predicted octanol–water partition coefficient (Wildman–Crippen LogP) is 1.79. The molecule has 2 aromatic heterocycles. The largest absolute Gasteiger partial charge is 0.481 e. The second-order valence-corrected chi connectivity index (χ2v) is 7.32. The number of fused-ring (bicyclic) bond motifs is 1. The zero-order valence-electron chi connectivity index (χ0n) is 17.8. The molecule has 0 saturated carbocycles. The van der Waals surface area contributed by atoms with E-state index in [0.717, 1.165) is 4.90 Å². The number of nitrogens with two attached hydrogens (primary N) is 1. The quantitative estimate of drug-likeness (QED) is 0.496. The average molecular weight is 462 g/mol. The van der Waals surface area contributed by atoms with E-state index in [9.17, 15) is 14.4 Å². The van der Waals surface area contributed by atoms with Crippen molar-refractivity contribution in [2.45, 2.75) is 19.9 Å². The summed E-state index contributed by atoms with van der Waals surface area (Å²) in [5.74, 6) is -0.272. The van der Waals surface area contributed by atoms with Gasteiger partial charge >= 0.3 is 5.69 Å². The first kappa shape index (κ1) is 23.3. The van der Waals surface area contributed by atoms with Crippen LogP contribution in [0.3, 0.4) is 0 Å². The number of carbonyl (C=O) groups is 1. The highest BCUT2D eigenvalue weighted by Crippen LogP contribution is 2.29. The smallest absolute Gasteiger partial charge is 0.330 e. The van der Waals surface area contributed by atoms with Gasteiger partial charge in [0.25, 0.3) is 11.5 Å². The molecule has 1 aromatic carbocycles. The second-order valence-electron chi connectivity index (χ2n) is 6.92. The summed E-state index contributed by atoms with van der Waals surface area (Å²) in [6.07, 6.45) is 2.21. The molecule has 32 heavy (non-hydrogen) atoms. The Labute approximate surface area is 188 Å². The molecule has 2 heterocycles. The summed E-state index contributed by atoms with van der Waals surface area (Å²) in [7, 11) is 1.47. The first-order valence-corrected chi connectivity index (χ1v) is 10.3. The van der Waals surface area contributed by atoms with Gasteiger partial charge in [-0.1, -0.05) is 18.5 Å². The molecule has 0 bridgehead atoms. The maximum absolute atomic E-state index is 13.1. The molecule has 0 unspecified atom stereocenters. The number of anilines is 2. The van der Waals surface area contributed by atoms with Gasteiger partial charge in [0.2, 0.25) is 0 Å². The lowest BCUT2D eigenvalue weighted by atomic mass is 10.2. The minimum atomic E-state index is -0.761. The third kappa shape index (κ3) is 4.76. The number of halogens is 1. The number of aromatic amines is 1. The molecule has 3 aromatic rings. The normalized spacial score (nSPS) is 11.0. The molecule has 3 N–H and O–H groups in total. The van der Waals surface area contributed by atoms with Crippen LogP contribution in [-0.4, -0.2) is 47.3 Å². The second kappa shape index (κ2) is 10.3. The van der Waals surface area contributed by atoms with Crippen molar-refractivity contribution in [2.24, 2.45) is 0 Å². The molecule has 3 rings (SSSR count). The first-order valence-electron chi connectivity index (χ1n) is 9.97. The van der Waals surface area contributed by atoms with Crippen LogP contribution in [0.15, 0.2) is 40.1 Å². The van der Waals surface area contributed by atoms with Gasteiger partial charge in [0, 0.05) is 31.8 Å². The summed E-state index contributed by atoms with van der Waals surface area (Å²) in [5, 5.41) is 1.19. The molecule has 11 heteroatoms. The summed E-state index contributed by atoms with van der Waals surface area (Å²) < 4.78 is 12.0. The summed E-state index contributed by atoms with van der Waals surface area (Å²) in [4.78, 5) is 45.4. The van der Waals surface area contributed by atoms with Gasteiger partial charge in [0.05, 0.1) is 11.6 Å². The van der Waals surface area contributed by atoms with Gasteiger partial charge in [-0.3, -0.25) is 29.0 Å². The van der Waals surface area contributed by atoms with Crippen LogP contribution in [0.1, 0.15) is 13.3 Å². The fraction of sp³-hybridized carbons (Fsp3) is 0.333. The van der Waals surface area contributed by atoms with Gasteiger partial charge in [0.15, 0.2) is 12.3 Å². The predicted molar refractivity (Wildman–Crippen MR) is 123 cm³/mol. The summed E-state index contributed by atoms with van der Waals surface area (Å²) in [6, 6.07) is 6.81. The zero-order valence-corrected chi connectivity index (χ0v) is 18.5. The highest BCUT2D eigenvalue weighted by molar-refractivity contribution is 6.35. The summed E-state index contributed by atoms with van der Waals surface area (Å²) in [6.45, 7) is 1.93. The molecule has 0 saturated heterocycles. The molecule has 0 aliphatic carbocycles. The number of benzene rings is 1. The highest BCUT2D eigenvalue weighted by atomic mass is 35.5. The molecular weight excluding hydrogens is 438 g/mol. The van der Waals surface area contributed by atoms with Crippen LogP contribution < -0.4 is 26.6 Å². The number of H-pyrrole nitrogens is 1. The number of ether oxygens (including phenoxy) is 2. The molecule has 0 atom stereocenters. The molecule has 0 aliphatic rings. The summed E-state index contributed by atoms with van der Waals surface area (Å²) in [5.41, 5.74) is 5.11. The molecular formula is C21H24ClN5O5. The number of hydrogen-bond acceptors (Lipinski definition) is 7. The van der Waals surface area contributed by atoms with Crippen LogP contribution >= 0.6 is 11.6 Å². The van der Waals surface area contributed by atoms with E-state index in [2.05, 4.69) is 9.97 Å². The lowest BCUT2D eigenvalue weighted by molar-refractivity contribution is -0.120. The van der Waals surface area contributed by atoms with E-state index in [1.54, 1.807) is 30.5 Å². The number of nitrogen functional groups attached to an aromatic ring is 1. The number of amides is 1. The van der Waals surface area contributed by atoms with Crippen LogP contribution in [-0.2, 0) is 16.1 Å². The average Bonchev–Trinajstić information content (AvgIpc) is 2.78. The molecule has 0 aliphatic heterocycles. The molecule has 0 radical (unpaired) electrons. The van der Waals surface area contributed by atoms with Crippen LogP contribution in [0.25, 0.3) is 10.9 Å². The Bertz CT molecular complexity index is 1240. The molecule has 0 spiro atoms. The number of methoxy groups -OCH3 is 1. The third-order valence-corrected chi connectivity index (χ3v) is 5.11. The lowest BCUT2D eigenvalue weighted by Gasteiger charge is -2.24. The number of aromatic nitrogens is 3. The van der Waals surface area contributed by atoms with Crippen molar-refractivity contribution in [2.75, 3.05) is 37.5 Å². The van der Waals surface area contributed by atoms with E-state index >= 15 is 0 Å². The van der Waals surface area contributed by atoms with Crippen LogP contribution in [0.5, 0.6) is 5.75 Å². The van der Waals surface area contributed by atoms with E-state index in [-0.39, 0.29) is 24.7 Å². The molecule has 1 amide bonds. The number of nitrogens with one attached hydrogen (secondary N) is 1. The van der Waals surface area contributed by atoms with Crippen molar-refractivity contribution in [3.8, 4) is 5.75 Å². The standard InChI is InChI=1S/C21H24ClN5O5/c1-3-9-27-19(23)18(20(29)25-21(27)30)26(10-11-31-2)16(28)12-32-15-7-6-14(22)13-5-4-8-24-17(13)15/h4-8H,3,9-12,23H2,1-2H3,(H,25,29,30). The van der Waals surface area contributed by atoms with Crippen molar-refractivity contribution in [1.82, 2.24) is 14.5 Å². The number of hydrogen-bond donors (Lipinski definition) is 2. The molecule has 10 nitrogen and oxygen atoms in total. The number of carbonyl (C=O) groups excluding carboxylic acids is 1. The number of pyridine rings is 1. The minimum Gasteiger partial charge on any atom is -0.481 e. The fourth-order valence-electron chi connectivity index (χ4n) is 3.27. The Hall–Kier alpha value is -3.37. The maximum Gasteiger partial charge on any atom is 0.330 e. The van der Waals surface area contributed by atoms with Crippen LogP contribution in [0.2, 0.25) is 5.02 Å². The van der Waals surface area contributed by atoms with Crippen molar-refractivity contribution < 1.29 is 14.3 Å². The molecule has 170 valence electrons. The summed E-state index contributed by atoms with van der Waals surface area (Å²) >= 11 is 6.20. The zero-order chi connectivity index (χ0) is 23.3. The van der Waals surface area contributed by atoms with Crippen molar-refractivity contribution in [3.05, 3.63) is 56.3 Å². The monoisotopic (exact) mass is 461 g/mol. The van der Waals surface area contributed by atoms with Crippen LogP contribution in [0.4, 0.5) is 11.5 Å². The SMILES string of the molecule is CCCn1c(N)c(N(CCOC)C(=O)COc2ccc(Cl)c3cccnc23)c(=O)[nH]c1=O. The van der Waals surface area contributed by atoms with E-state index in [1.165, 1.54) is 11.7 Å². The third-order valence-electron chi connectivity index (χ3n) is 4.78. The van der Waals surface area contributed by atoms with E-state index in [1.807, 2.05) is 6.92 Å². The fourth-order valence-corrected chi connectivity index (χ4v) is 3.49. The van der Waals surface area contributed by atoms with Gasteiger partial charge in [-0.15, -0.1) is 0 Å². The van der Waals surface area contributed by atoms with Gasteiger partial charge in [-0.05, 0) is 30.7 Å². The van der Waals surface area contributed by atoms with Crippen molar-refractivity contribution >= 4 is 39.9 Å². The Kier molecular flexibility index (Phi) is 7.49. The van der Waals surface area contributed by atoms with Crippen molar-refractivity contribution in [3.63, 3.8) is 0 Å². The van der Waals surface area contributed by atoms with Gasteiger partial charge < -0.3 is 15.2 Å². The topological polar surface area (TPSA) is 133 Å². The van der Waals surface area contributed by atoms with Crippen LogP contribution in [0, 0.1) is 0 Å². The number of nitrogens with zero attached hydrogens (tertiary/aromatic N) is 3. The highest BCUT2D eigenvalue weighted by Gasteiger charge is 2.24. The Morgan fingerprint density at radius 2 is 2.09 bits per heavy atom. The minimum absolute atomic E-state index is 0.0376. The van der Waals surface area contributed by atoms with Gasteiger partial charge in [0.1, 0.15) is 17.1 Å². The number of rotatable bonds is 9. The first-order chi connectivity index (χ1) is 15.4. The van der Waals surface area contributed by atoms with E-state index in [0.29, 0.717) is 34.6 Å². The van der Waals surface area contributed by atoms with Crippen molar-refractivity contribution in [1.29, 1.82) is 0 Å². The lowest BCUT2D eigenvalue weighted by Crippen LogP contribution is -2.44. The molecule has 0 fully saturated rings.